The molecule has 1 unspecified atom stereocenters. The minimum Gasteiger partial charge on any atom is -0.444 e. The first-order chi connectivity index (χ1) is 13.8. The molecule has 150 valence electrons. The van der Waals surface area contributed by atoms with Crippen molar-refractivity contribution in [1.82, 2.24) is 15.3 Å². The van der Waals surface area contributed by atoms with Gasteiger partial charge in [-0.25, -0.2) is 14.8 Å². The van der Waals surface area contributed by atoms with E-state index in [9.17, 15) is 4.79 Å². The maximum Gasteiger partial charge on any atom is 0.407 e. The molecule has 4 rings (SSSR count). The molecule has 1 atom stereocenters. The zero-order valence-electron chi connectivity index (χ0n) is 17.2. The monoisotopic (exact) mass is 390 g/mol. The molecule has 1 aliphatic rings. The molecule has 2 N–H and O–H groups in total. The number of aryl methyl sites for hydroxylation is 1. The summed E-state index contributed by atoms with van der Waals surface area (Å²) < 4.78 is 5.38. The van der Waals surface area contributed by atoms with Crippen LogP contribution in [0.3, 0.4) is 0 Å². The third-order valence-electron chi connectivity index (χ3n) is 4.91. The van der Waals surface area contributed by atoms with Gasteiger partial charge in [-0.1, -0.05) is 17.7 Å². The Labute approximate surface area is 170 Å². The molecule has 0 saturated carbocycles. The Morgan fingerprint density at radius 1 is 1.07 bits per heavy atom. The molecule has 1 aromatic heterocycles. The summed E-state index contributed by atoms with van der Waals surface area (Å²) in [4.78, 5) is 20.8. The lowest BCUT2D eigenvalue weighted by Crippen LogP contribution is -2.39. The smallest absolute Gasteiger partial charge is 0.407 e. The normalized spacial score (nSPS) is 15.8. The average molecular weight is 390 g/mol. The van der Waals surface area contributed by atoms with Gasteiger partial charge in [0.15, 0.2) is 0 Å². The van der Waals surface area contributed by atoms with Gasteiger partial charge >= 0.3 is 6.09 Å². The third-order valence-corrected chi connectivity index (χ3v) is 4.91. The summed E-state index contributed by atoms with van der Waals surface area (Å²) in [5.74, 6) is 0.792. The van der Waals surface area contributed by atoms with E-state index in [0.717, 1.165) is 35.2 Å². The predicted molar refractivity (Wildman–Crippen MR) is 115 cm³/mol. The maximum atomic E-state index is 12.1. The van der Waals surface area contributed by atoms with Crippen molar-refractivity contribution in [2.45, 2.75) is 52.2 Å². The highest BCUT2D eigenvalue weighted by molar-refractivity contribution is 5.91. The Balaban J connectivity index is 1.49. The van der Waals surface area contributed by atoms with Crippen LogP contribution in [0.4, 0.5) is 16.3 Å². The quantitative estimate of drug-likeness (QED) is 0.679. The Bertz CT molecular complexity index is 1070. The number of amides is 1. The molecule has 1 aliphatic carbocycles. The van der Waals surface area contributed by atoms with Gasteiger partial charge in [0.2, 0.25) is 0 Å². The van der Waals surface area contributed by atoms with Crippen LogP contribution in [0.1, 0.15) is 37.5 Å². The highest BCUT2D eigenvalue weighted by Crippen LogP contribution is 2.29. The minimum absolute atomic E-state index is 0.0534. The van der Waals surface area contributed by atoms with Crippen LogP contribution in [0.2, 0.25) is 0 Å². The van der Waals surface area contributed by atoms with Crippen LogP contribution in [0.5, 0.6) is 0 Å². The van der Waals surface area contributed by atoms with Crippen molar-refractivity contribution < 1.29 is 9.53 Å². The summed E-state index contributed by atoms with van der Waals surface area (Å²) >= 11 is 0. The SMILES string of the molecule is Cc1ccc2ncnc(Nc3ccc4c(c3)CC(NC(=O)OC(C)(C)C)C4)c2c1. The van der Waals surface area contributed by atoms with Gasteiger partial charge in [0.1, 0.15) is 17.7 Å². The molecule has 29 heavy (non-hydrogen) atoms. The minimum atomic E-state index is -0.495. The van der Waals surface area contributed by atoms with E-state index >= 15 is 0 Å². The fourth-order valence-electron chi connectivity index (χ4n) is 3.68. The van der Waals surface area contributed by atoms with Crippen LogP contribution in [-0.2, 0) is 17.6 Å². The van der Waals surface area contributed by atoms with Crippen LogP contribution < -0.4 is 10.6 Å². The third kappa shape index (κ3) is 4.47. The van der Waals surface area contributed by atoms with E-state index < -0.39 is 5.60 Å². The van der Waals surface area contributed by atoms with E-state index in [0.29, 0.717) is 0 Å². The van der Waals surface area contributed by atoms with Gasteiger partial charge in [0, 0.05) is 17.1 Å². The first-order valence-corrected chi connectivity index (χ1v) is 9.86. The Hall–Kier alpha value is -3.15. The Morgan fingerprint density at radius 2 is 1.86 bits per heavy atom. The highest BCUT2D eigenvalue weighted by atomic mass is 16.6. The summed E-state index contributed by atoms with van der Waals surface area (Å²) in [6.45, 7) is 7.66. The number of fused-ring (bicyclic) bond motifs is 2. The first kappa shape index (κ1) is 19.2. The van der Waals surface area contributed by atoms with Crippen molar-refractivity contribution in [2.24, 2.45) is 0 Å². The highest BCUT2D eigenvalue weighted by Gasteiger charge is 2.25. The van der Waals surface area contributed by atoms with Crippen molar-refractivity contribution in [3.05, 3.63) is 59.4 Å². The molecule has 1 heterocycles. The standard InChI is InChI=1S/C23H26N4O2/c1-14-5-8-20-19(9-14)21(25-13-24-20)26-17-7-6-15-10-18(12-16(15)11-17)27-22(28)29-23(2,3)4/h5-9,11,13,18H,10,12H2,1-4H3,(H,27,28)(H,24,25,26). The van der Waals surface area contributed by atoms with Gasteiger partial charge in [-0.15, -0.1) is 0 Å². The van der Waals surface area contributed by atoms with E-state index in [1.165, 1.54) is 16.7 Å². The van der Waals surface area contributed by atoms with Crippen LogP contribution in [0.15, 0.2) is 42.7 Å². The fraction of sp³-hybridized carbons (Fsp3) is 0.348. The molecule has 2 aromatic carbocycles. The number of anilines is 2. The van der Waals surface area contributed by atoms with Gasteiger partial charge in [-0.3, -0.25) is 0 Å². The topological polar surface area (TPSA) is 76.1 Å². The Morgan fingerprint density at radius 3 is 2.66 bits per heavy atom. The number of hydrogen-bond acceptors (Lipinski definition) is 5. The number of hydrogen-bond donors (Lipinski definition) is 2. The van der Waals surface area contributed by atoms with Crippen LogP contribution in [-0.4, -0.2) is 27.7 Å². The summed E-state index contributed by atoms with van der Waals surface area (Å²) in [6, 6.07) is 12.5. The molecule has 1 amide bonds. The number of nitrogens with one attached hydrogen (secondary N) is 2. The van der Waals surface area contributed by atoms with Crippen molar-refractivity contribution >= 4 is 28.5 Å². The molecule has 0 bridgehead atoms. The number of rotatable bonds is 3. The summed E-state index contributed by atoms with van der Waals surface area (Å²) in [6.07, 6.45) is 2.81. The second-order valence-corrected chi connectivity index (χ2v) is 8.60. The number of carbonyl (C=O) groups excluding carboxylic acids is 1. The van der Waals surface area contributed by atoms with Crippen molar-refractivity contribution in [2.75, 3.05) is 5.32 Å². The number of ether oxygens (including phenoxy) is 1. The molecule has 0 spiro atoms. The molecular weight excluding hydrogens is 364 g/mol. The molecule has 0 fully saturated rings. The van der Waals surface area contributed by atoms with Gasteiger partial charge in [0.05, 0.1) is 5.52 Å². The van der Waals surface area contributed by atoms with Crippen LogP contribution in [0, 0.1) is 6.92 Å². The number of carbonyl (C=O) groups is 1. The predicted octanol–water partition coefficient (Wildman–Crippen LogP) is 4.67. The number of aromatic nitrogens is 2. The lowest BCUT2D eigenvalue weighted by atomic mass is 10.1. The van der Waals surface area contributed by atoms with E-state index in [1.807, 2.05) is 32.9 Å². The summed E-state index contributed by atoms with van der Waals surface area (Å²) in [5, 5.41) is 7.40. The molecular formula is C23H26N4O2. The van der Waals surface area contributed by atoms with Gasteiger partial charge < -0.3 is 15.4 Å². The second-order valence-electron chi connectivity index (χ2n) is 8.60. The van der Waals surface area contributed by atoms with E-state index in [-0.39, 0.29) is 12.1 Å². The van der Waals surface area contributed by atoms with Gasteiger partial charge in [-0.05, 0) is 75.9 Å². The van der Waals surface area contributed by atoms with Crippen molar-refractivity contribution in [1.29, 1.82) is 0 Å². The lowest BCUT2D eigenvalue weighted by molar-refractivity contribution is 0.0506. The molecule has 3 aromatic rings. The largest absolute Gasteiger partial charge is 0.444 e. The van der Waals surface area contributed by atoms with E-state index in [2.05, 4.69) is 51.8 Å². The van der Waals surface area contributed by atoms with E-state index in [1.54, 1.807) is 6.33 Å². The maximum absolute atomic E-state index is 12.1. The number of alkyl carbamates (subject to hydrolysis) is 1. The molecule has 6 nitrogen and oxygen atoms in total. The number of nitrogens with zero attached hydrogens (tertiary/aromatic N) is 2. The van der Waals surface area contributed by atoms with Gasteiger partial charge in [-0.2, -0.15) is 0 Å². The molecule has 0 aliphatic heterocycles. The lowest BCUT2D eigenvalue weighted by Gasteiger charge is -2.21. The van der Waals surface area contributed by atoms with E-state index in [4.69, 9.17) is 4.74 Å². The van der Waals surface area contributed by atoms with Crippen LogP contribution in [0.25, 0.3) is 10.9 Å². The Kier molecular flexibility index (Phi) is 4.86. The van der Waals surface area contributed by atoms with Crippen LogP contribution >= 0.6 is 0 Å². The summed E-state index contributed by atoms with van der Waals surface area (Å²) in [7, 11) is 0. The second kappa shape index (κ2) is 7.35. The zero-order chi connectivity index (χ0) is 20.6. The molecule has 0 saturated heterocycles. The number of benzene rings is 2. The zero-order valence-corrected chi connectivity index (χ0v) is 17.2. The van der Waals surface area contributed by atoms with Crippen molar-refractivity contribution in [3.8, 4) is 0 Å². The van der Waals surface area contributed by atoms with Crippen molar-refractivity contribution in [3.63, 3.8) is 0 Å². The summed E-state index contributed by atoms with van der Waals surface area (Å²) in [5.41, 5.74) is 5.04. The fourth-order valence-corrected chi connectivity index (χ4v) is 3.68. The molecule has 0 radical (unpaired) electrons. The van der Waals surface area contributed by atoms with Gasteiger partial charge in [0.25, 0.3) is 0 Å². The first-order valence-electron chi connectivity index (χ1n) is 9.86. The molecule has 6 heteroatoms. The average Bonchev–Trinajstić information content (AvgIpc) is 3.02.